The Morgan fingerprint density at radius 3 is 2.38 bits per heavy atom. The summed E-state index contributed by atoms with van der Waals surface area (Å²) in [7, 11) is 0. The Labute approximate surface area is 137 Å². The lowest BCUT2D eigenvalue weighted by molar-refractivity contribution is -0.116. The monoisotopic (exact) mass is 327 g/mol. The maximum atomic E-state index is 11.7. The van der Waals surface area contributed by atoms with Crippen molar-refractivity contribution in [1.82, 2.24) is 5.32 Å². The lowest BCUT2D eigenvalue weighted by atomic mass is 10.1. The van der Waals surface area contributed by atoms with Crippen molar-refractivity contribution in [2.45, 2.75) is 45.4 Å². The molecule has 116 valence electrons. The number of benzene rings is 1. The van der Waals surface area contributed by atoms with Crippen molar-refractivity contribution in [1.29, 1.82) is 0 Å². The van der Waals surface area contributed by atoms with Crippen LogP contribution >= 0.6 is 23.2 Å². The summed E-state index contributed by atoms with van der Waals surface area (Å²) in [5, 5.41) is 3.96. The van der Waals surface area contributed by atoms with E-state index in [9.17, 15) is 4.79 Å². The molecule has 21 heavy (non-hydrogen) atoms. The van der Waals surface area contributed by atoms with Gasteiger partial charge in [-0.3, -0.25) is 4.79 Å². The van der Waals surface area contributed by atoms with Crippen LogP contribution in [0.1, 0.15) is 51.0 Å². The van der Waals surface area contributed by atoms with Gasteiger partial charge in [-0.05, 0) is 24.6 Å². The van der Waals surface area contributed by atoms with Crippen LogP contribution in [0.15, 0.2) is 24.3 Å². The summed E-state index contributed by atoms with van der Waals surface area (Å²) in [6.07, 6.45) is 10.4. The van der Waals surface area contributed by atoms with E-state index in [0.29, 0.717) is 22.2 Å². The first-order valence-corrected chi connectivity index (χ1v) is 8.30. The Bertz CT molecular complexity index is 452. The standard InChI is InChI=1S/C17H23Cl2NO/c1-2-3-4-5-6-7-13-20-17(21)12-11-14-15(18)9-8-10-16(14)19/h8-12H,2-7,13H2,1H3,(H,20,21)/b12-11+. The molecule has 0 saturated heterocycles. The van der Waals surface area contributed by atoms with Crippen LogP contribution in [-0.2, 0) is 4.79 Å². The molecule has 0 fully saturated rings. The summed E-state index contributed by atoms with van der Waals surface area (Å²) in [6, 6.07) is 5.28. The van der Waals surface area contributed by atoms with E-state index in [4.69, 9.17) is 23.2 Å². The lowest BCUT2D eigenvalue weighted by Crippen LogP contribution is -2.21. The minimum atomic E-state index is -0.112. The Morgan fingerprint density at radius 2 is 1.71 bits per heavy atom. The van der Waals surface area contributed by atoms with Crippen LogP contribution in [0.25, 0.3) is 6.08 Å². The molecule has 1 amide bonds. The molecule has 0 bridgehead atoms. The molecule has 0 aliphatic heterocycles. The van der Waals surface area contributed by atoms with E-state index in [1.807, 2.05) is 0 Å². The van der Waals surface area contributed by atoms with Crippen molar-refractivity contribution >= 4 is 35.2 Å². The van der Waals surface area contributed by atoms with Gasteiger partial charge in [0.25, 0.3) is 0 Å². The number of hydrogen-bond donors (Lipinski definition) is 1. The fraction of sp³-hybridized carbons (Fsp3) is 0.471. The second-order valence-electron chi connectivity index (χ2n) is 5.03. The van der Waals surface area contributed by atoms with Crippen LogP contribution in [0.4, 0.5) is 0 Å². The Morgan fingerprint density at radius 1 is 1.10 bits per heavy atom. The topological polar surface area (TPSA) is 29.1 Å². The third-order valence-corrected chi connectivity index (χ3v) is 3.89. The van der Waals surface area contributed by atoms with Crippen molar-refractivity contribution < 1.29 is 4.79 Å². The highest BCUT2D eigenvalue weighted by molar-refractivity contribution is 6.37. The zero-order valence-electron chi connectivity index (χ0n) is 12.5. The minimum absolute atomic E-state index is 0.112. The normalized spacial score (nSPS) is 11.0. The van der Waals surface area contributed by atoms with Gasteiger partial charge in [-0.1, -0.05) is 68.3 Å². The minimum Gasteiger partial charge on any atom is -0.353 e. The van der Waals surface area contributed by atoms with E-state index < -0.39 is 0 Å². The number of hydrogen-bond acceptors (Lipinski definition) is 1. The average Bonchev–Trinajstić information content (AvgIpc) is 2.46. The van der Waals surface area contributed by atoms with Gasteiger partial charge in [-0.2, -0.15) is 0 Å². The fourth-order valence-electron chi connectivity index (χ4n) is 2.00. The van der Waals surface area contributed by atoms with Gasteiger partial charge in [0.2, 0.25) is 5.91 Å². The number of carbonyl (C=O) groups excluding carboxylic acids is 1. The van der Waals surface area contributed by atoms with E-state index in [0.717, 1.165) is 6.42 Å². The predicted octanol–water partition coefficient (Wildman–Crippen LogP) is 5.48. The number of amides is 1. The Hall–Kier alpha value is -0.990. The van der Waals surface area contributed by atoms with Crippen LogP contribution < -0.4 is 5.32 Å². The van der Waals surface area contributed by atoms with Crippen LogP contribution in [0.2, 0.25) is 10.0 Å². The molecular formula is C17H23Cl2NO. The van der Waals surface area contributed by atoms with Gasteiger partial charge >= 0.3 is 0 Å². The highest BCUT2D eigenvalue weighted by Crippen LogP contribution is 2.25. The molecule has 2 nitrogen and oxygen atoms in total. The second kappa shape index (κ2) is 10.7. The Balaban J connectivity index is 2.26. The molecular weight excluding hydrogens is 305 g/mol. The molecule has 0 radical (unpaired) electrons. The summed E-state index contributed by atoms with van der Waals surface area (Å²) in [5.41, 5.74) is 0.676. The van der Waals surface area contributed by atoms with E-state index >= 15 is 0 Å². The van der Waals surface area contributed by atoms with Crippen molar-refractivity contribution in [3.8, 4) is 0 Å². The third-order valence-electron chi connectivity index (χ3n) is 3.23. The summed E-state index contributed by atoms with van der Waals surface area (Å²) < 4.78 is 0. The van der Waals surface area contributed by atoms with E-state index in [-0.39, 0.29) is 5.91 Å². The highest BCUT2D eigenvalue weighted by atomic mass is 35.5. The summed E-state index contributed by atoms with van der Waals surface area (Å²) >= 11 is 12.1. The lowest BCUT2D eigenvalue weighted by Gasteiger charge is -2.03. The van der Waals surface area contributed by atoms with Crippen LogP contribution in [0, 0.1) is 0 Å². The molecule has 1 aromatic carbocycles. The number of rotatable bonds is 9. The van der Waals surface area contributed by atoms with Gasteiger partial charge in [0.05, 0.1) is 0 Å². The van der Waals surface area contributed by atoms with E-state index in [2.05, 4.69) is 12.2 Å². The fourth-order valence-corrected chi connectivity index (χ4v) is 2.53. The molecule has 1 rings (SSSR count). The SMILES string of the molecule is CCCCCCCCNC(=O)/C=C/c1c(Cl)cccc1Cl. The zero-order valence-corrected chi connectivity index (χ0v) is 14.0. The van der Waals surface area contributed by atoms with Gasteiger partial charge in [-0.15, -0.1) is 0 Å². The summed E-state index contributed by atoms with van der Waals surface area (Å²) in [5.74, 6) is -0.112. The summed E-state index contributed by atoms with van der Waals surface area (Å²) in [4.78, 5) is 11.7. The molecule has 0 spiro atoms. The number of halogens is 2. The van der Waals surface area contributed by atoms with Crippen molar-refractivity contribution in [2.24, 2.45) is 0 Å². The maximum absolute atomic E-state index is 11.7. The van der Waals surface area contributed by atoms with Gasteiger partial charge in [-0.25, -0.2) is 0 Å². The predicted molar refractivity (Wildman–Crippen MR) is 91.9 cm³/mol. The molecule has 4 heteroatoms. The van der Waals surface area contributed by atoms with Crippen molar-refractivity contribution in [3.63, 3.8) is 0 Å². The Kier molecular flexibility index (Phi) is 9.20. The molecule has 0 atom stereocenters. The first-order valence-electron chi connectivity index (χ1n) is 7.55. The molecule has 0 aliphatic rings. The number of nitrogens with one attached hydrogen (secondary N) is 1. The highest BCUT2D eigenvalue weighted by Gasteiger charge is 2.02. The van der Waals surface area contributed by atoms with Gasteiger partial charge in [0.1, 0.15) is 0 Å². The van der Waals surface area contributed by atoms with Gasteiger partial charge in [0, 0.05) is 28.2 Å². The number of unbranched alkanes of at least 4 members (excludes halogenated alkanes) is 5. The average molecular weight is 328 g/mol. The second-order valence-corrected chi connectivity index (χ2v) is 5.84. The quantitative estimate of drug-likeness (QED) is 0.472. The molecule has 0 heterocycles. The molecule has 1 N–H and O–H groups in total. The number of carbonyl (C=O) groups is 1. The molecule has 1 aromatic rings. The van der Waals surface area contributed by atoms with Crippen molar-refractivity contribution in [3.05, 3.63) is 39.9 Å². The van der Waals surface area contributed by atoms with Crippen molar-refractivity contribution in [2.75, 3.05) is 6.54 Å². The smallest absolute Gasteiger partial charge is 0.244 e. The molecule has 0 aromatic heterocycles. The molecule has 0 saturated carbocycles. The van der Waals surface area contributed by atoms with Crippen LogP contribution in [0.5, 0.6) is 0 Å². The molecule has 0 aliphatic carbocycles. The third kappa shape index (κ3) is 7.54. The van der Waals surface area contributed by atoms with Gasteiger partial charge < -0.3 is 5.32 Å². The first kappa shape index (κ1) is 18.1. The molecule has 0 unspecified atom stereocenters. The van der Waals surface area contributed by atoms with E-state index in [1.165, 1.54) is 38.2 Å². The van der Waals surface area contributed by atoms with Crippen LogP contribution in [-0.4, -0.2) is 12.5 Å². The van der Waals surface area contributed by atoms with E-state index in [1.54, 1.807) is 24.3 Å². The zero-order chi connectivity index (χ0) is 15.5. The first-order chi connectivity index (χ1) is 10.1. The van der Waals surface area contributed by atoms with Crippen LogP contribution in [0.3, 0.4) is 0 Å². The summed E-state index contributed by atoms with van der Waals surface area (Å²) in [6.45, 7) is 2.92. The van der Waals surface area contributed by atoms with Gasteiger partial charge in [0.15, 0.2) is 0 Å². The maximum Gasteiger partial charge on any atom is 0.244 e. The largest absolute Gasteiger partial charge is 0.353 e.